The minimum absolute atomic E-state index is 0.0784. The minimum atomic E-state index is -0.489. The molecule has 0 saturated heterocycles. The molecular weight excluding hydrogens is 325 g/mol. The van der Waals surface area contributed by atoms with Crippen molar-refractivity contribution < 1.29 is 23.4 Å². The van der Waals surface area contributed by atoms with Crippen LogP contribution in [0, 0.1) is 17.1 Å². The topological polar surface area (TPSA) is 68.5 Å². The summed E-state index contributed by atoms with van der Waals surface area (Å²) in [6.07, 6.45) is 1.44. The molecule has 0 atom stereocenters. The molecule has 0 aliphatic carbocycles. The van der Waals surface area contributed by atoms with Crippen LogP contribution < -0.4 is 14.2 Å². The molecule has 0 amide bonds. The van der Waals surface area contributed by atoms with Crippen LogP contribution in [-0.2, 0) is 0 Å². The van der Waals surface area contributed by atoms with Crippen molar-refractivity contribution in [2.24, 2.45) is 0 Å². The number of benzene rings is 2. The average Bonchev–Trinajstić information content (AvgIpc) is 2.65. The van der Waals surface area contributed by atoms with Crippen molar-refractivity contribution in [3.63, 3.8) is 0 Å². The van der Waals surface area contributed by atoms with Crippen LogP contribution in [0.25, 0.3) is 6.08 Å². The zero-order valence-corrected chi connectivity index (χ0v) is 13.4. The highest BCUT2D eigenvalue weighted by atomic mass is 19.1. The summed E-state index contributed by atoms with van der Waals surface area (Å²) in [7, 11) is 1.50. The Morgan fingerprint density at radius 1 is 1.24 bits per heavy atom. The Labute approximate surface area is 143 Å². The molecule has 6 heteroatoms. The molecular formula is C19H14FNO4. The maximum Gasteiger partial charge on any atom is 0.203 e. The lowest BCUT2D eigenvalue weighted by Gasteiger charge is -2.21. The number of hydrogen-bond donors (Lipinski definition) is 0. The molecule has 1 heterocycles. The number of nitrogens with zero attached hydrogens (tertiary/aromatic N) is 1. The van der Waals surface area contributed by atoms with Gasteiger partial charge < -0.3 is 14.2 Å². The molecule has 5 nitrogen and oxygen atoms in total. The summed E-state index contributed by atoms with van der Waals surface area (Å²) in [5, 5.41) is 9.34. The fourth-order valence-electron chi connectivity index (χ4n) is 2.45. The molecule has 0 saturated carbocycles. The second-order valence-electron chi connectivity index (χ2n) is 5.25. The SMILES string of the molecule is COc1cc(/C=C(\C#N)C(=O)c2ccc(F)cc2)cc2c1OCCO2. The number of Topliss-reactive ketones (excluding diaryl/α,β-unsaturated/α-hetero) is 1. The fourth-order valence-corrected chi connectivity index (χ4v) is 2.45. The van der Waals surface area contributed by atoms with Gasteiger partial charge in [-0.3, -0.25) is 4.79 Å². The summed E-state index contributed by atoms with van der Waals surface area (Å²) in [6.45, 7) is 0.827. The Morgan fingerprint density at radius 3 is 2.64 bits per heavy atom. The molecule has 0 N–H and O–H groups in total. The Hall–Kier alpha value is -3.33. The van der Waals surface area contributed by atoms with Gasteiger partial charge in [0.1, 0.15) is 30.7 Å². The lowest BCUT2D eigenvalue weighted by Crippen LogP contribution is -2.16. The van der Waals surface area contributed by atoms with Crippen molar-refractivity contribution in [3.05, 3.63) is 58.9 Å². The van der Waals surface area contributed by atoms with Gasteiger partial charge in [0.25, 0.3) is 0 Å². The van der Waals surface area contributed by atoms with Crippen LogP contribution in [-0.4, -0.2) is 26.1 Å². The summed E-state index contributed by atoms with van der Waals surface area (Å²) in [5.41, 5.74) is 0.720. The Balaban J connectivity index is 1.98. The summed E-state index contributed by atoms with van der Waals surface area (Å²) in [5.74, 6) is 0.500. The van der Waals surface area contributed by atoms with Crippen molar-refractivity contribution >= 4 is 11.9 Å². The average molecular weight is 339 g/mol. The fraction of sp³-hybridized carbons (Fsp3) is 0.158. The number of carbonyl (C=O) groups is 1. The van der Waals surface area contributed by atoms with Crippen LogP contribution in [0.2, 0.25) is 0 Å². The number of allylic oxidation sites excluding steroid dienone is 1. The predicted molar refractivity (Wildman–Crippen MR) is 88.3 cm³/mol. The van der Waals surface area contributed by atoms with E-state index in [0.29, 0.717) is 36.0 Å². The first kappa shape index (κ1) is 16.5. The third kappa shape index (κ3) is 3.45. The van der Waals surface area contributed by atoms with Crippen LogP contribution in [0.3, 0.4) is 0 Å². The van der Waals surface area contributed by atoms with Gasteiger partial charge in [-0.2, -0.15) is 5.26 Å². The highest BCUT2D eigenvalue weighted by Crippen LogP contribution is 2.40. The van der Waals surface area contributed by atoms with Gasteiger partial charge in [-0.25, -0.2) is 4.39 Å². The molecule has 25 heavy (non-hydrogen) atoms. The van der Waals surface area contributed by atoms with E-state index in [1.54, 1.807) is 12.1 Å². The maximum absolute atomic E-state index is 13.0. The molecule has 0 aromatic heterocycles. The van der Waals surface area contributed by atoms with Crippen LogP contribution in [0.5, 0.6) is 17.2 Å². The van der Waals surface area contributed by atoms with Crippen LogP contribution in [0.1, 0.15) is 15.9 Å². The normalized spacial score (nSPS) is 13.1. The first-order valence-corrected chi connectivity index (χ1v) is 7.52. The Kier molecular flexibility index (Phi) is 4.66. The number of fused-ring (bicyclic) bond motifs is 1. The van der Waals surface area contributed by atoms with Gasteiger partial charge in [-0.1, -0.05) is 0 Å². The van der Waals surface area contributed by atoms with E-state index >= 15 is 0 Å². The molecule has 1 aliphatic heterocycles. The van der Waals surface area contributed by atoms with E-state index in [4.69, 9.17) is 14.2 Å². The maximum atomic E-state index is 13.0. The number of nitriles is 1. The van der Waals surface area contributed by atoms with Gasteiger partial charge in [0.2, 0.25) is 11.5 Å². The highest BCUT2D eigenvalue weighted by molar-refractivity contribution is 6.14. The lowest BCUT2D eigenvalue weighted by atomic mass is 10.0. The number of ether oxygens (including phenoxy) is 3. The number of hydrogen-bond acceptors (Lipinski definition) is 5. The zero-order chi connectivity index (χ0) is 17.8. The first-order valence-electron chi connectivity index (χ1n) is 7.52. The van der Waals surface area contributed by atoms with Crippen molar-refractivity contribution in [3.8, 4) is 23.3 Å². The number of ketones is 1. The van der Waals surface area contributed by atoms with Gasteiger partial charge in [-0.15, -0.1) is 0 Å². The molecule has 0 bridgehead atoms. The molecule has 0 fully saturated rings. The quantitative estimate of drug-likeness (QED) is 0.485. The van der Waals surface area contributed by atoms with Gasteiger partial charge in [-0.05, 0) is 48.0 Å². The van der Waals surface area contributed by atoms with Gasteiger partial charge in [0, 0.05) is 5.56 Å². The Bertz CT molecular complexity index is 864. The third-order valence-electron chi connectivity index (χ3n) is 3.63. The second kappa shape index (κ2) is 7.05. The van der Waals surface area contributed by atoms with Gasteiger partial charge >= 0.3 is 0 Å². The summed E-state index contributed by atoms with van der Waals surface area (Å²) >= 11 is 0. The highest BCUT2D eigenvalue weighted by Gasteiger charge is 2.19. The van der Waals surface area contributed by atoms with Crippen molar-refractivity contribution in [1.29, 1.82) is 5.26 Å². The van der Waals surface area contributed by atoms with Crippen molar-refractivity contribution in [2.75, 3.05) is 20.3 Å². The van der Waals surface area contributed by atoms with E-state index in [9.17, 15) is 14.4 Å². The molecule has 126 valence electrons. The van der Waals surface area contributed by atoms with Gasteiger partial charge in [0.15, 0.2) is 11.5 Å². The van der Waals surface area contributed by atoms with E-state index in [2.05, 4.69) is 0 Å². The molecule has 0 radical (unpaired) electrons. The summed E-state index contributed by atoms with van der Waals surface area (Å²) in [6, 6.07) is 10.2. The molecule has 1 aliphatic rings. The van der Waals surface area contributed by atoms with Crippen molar-refractivity contribution in [2.45, 2.75) is 0 Å². The number of rotatable bonds is 4. The molecule has 2 aromatic carbocycles. The molecule has 2 aromatic rings. The van der Waals surface area contributed by atoms with E-state index in [-0.39, 0.29) is 11.1 Å². The smallest absolute Gasteiger partial charge is 0.203 e. The van der Waals surface area contributed by atoms with E-state index < -0.39 is 11.6 Å². The van der Waals surface area contributed by atoms with Crippen LogP contribution >= 0.6 is 0 Å². The summed E-state index contributed by atoms with van der Waals surface area (Å²) < 4.78 is 29.3. The van der Waals surface area contributed by atoms with E-state index in [0.717, 1.165) is 0 Å². The Morgan fingerprint density at radius 2 is 1.96 bits per heavy atom. The van der Waals surface area contributed by atoms with E-state index in [1.165, 1.54) is 37.5 Å². The summed E-state index contributed by atoms with van der Waals surface area (Å²) in [4.78, 5) is 12.4. The monoisotopic (exact) mass is 339 g/mol. The van der Waals surface area contributed by atoms with E-state index in [1.807, 2.05) is 6.07 Å². The van der Waals surface area contributed by atoms with Gasteiger partial charge in [0.05, 0.1) is 7.11 Å². The number of carbonyl (C=O) groups excluding carboxylic acids is 1. The largest absolute Gasteiger partial charge is 0.493 e. The van der Waals surface area contributed by atoms with Crippen molar-refractivity contribution in [1.82, 2.24) is 0 Å². The zero-order valence-electron chi connectivity index (χ0n) is 13.4. The standard InChI is InChI=1S/C19H14FNO4/c1-23-16-9-12(10-17-19(16)25-7-6-24-17)8-14(11-21)18(22)13-2-4-15(20)5-3-13/h2-5,8-10H,6-7H2,1H3/b14-8+. The number of methoxy groups -OCH3 is 1. The second-order valence-corrected chi connectivity index (χ2v) is 5.25. The third-order valence-corrected chi connectivity index (χ3v) is 3.63. The minimum Gasteiger partial charge on any atom is -0.493 e. The first-order chi connectivity index (χ1) is 12.1. The van der Waals surface area contributed by atoms with Crippen LogP contribution in [0.4, 0.5) is 4.39 Å². The molecule has 0 unspecified atom stereocenters. The molecule has 3 rings (SSSR count). The lowest BCUT2D eigenvalue weighted by molar-refractivity contribution is 0.104. The predicted octanol–water partition coefficient (Wildman–Crippen LogP) is 3.40. The van der Waals surface area contributed by atoms with Crippen LogP contribution in [0.15, 0.2) is 42.0 Å². The molecule has 0 spiro atoms. The number of halogens is 1.